The Morgan fingerprint density at radius 1 is 1.43 bits per heavy atom. The zero-order valence-corrected chi connectivity index (χ0v) is 8.69. The summed E-state index contributed by atoms with van der Waals surface area (Å²) >= 11 is 0. The SMILES string of the molecule is NCCCC1CCS(=O)(=O)CC1(F)F. The van der Waals surface area contributed by atoms with Crippen LogP contribution >= 0.6 is 0 Å². The van der Waals surface area contributed by atoms with Crippen molar-refractivity contribution < 1.29 is 17.2 Å². The smallest absolute Gasteiger partial charge is 0.264 e. The molecule has 3 nitrogen and oxygen atoms in total. The number of alkyl halides is 2. The first-order valence-electron chi connectivity index (χ1n) is 4.66. The summed E-state index contributed by atoms with van der Waals surface area (Å²) in [5.74, 6) is -4.98. The third kappa shape index (κ3) is 2.88. The molecule has 0 bridgehead atoms. The van der Waals surface area contributed by atoms with Gasteiger partial charge in [0.15, 0.2) is 9.84 Å². The van der Waals surface area contributed by atoms with E-state index in [1.54, 1.807) is 0 Å². The van der Waals surface area contributed by atoms with Gasteiger partial charge in [-0.2, -0.15) is 0 Å². The number of nitrogens with two attached hydrogens (primary N) is 1. The number of hydrogen-bond donors (Lipinski definition) is 1. The van der Waals surface area contributed by atoms with E-state index in [0.717, 1.165) is 0 Å². The summed E-state index contributed by atoms with van der Waals surface area (Å²) in [6.07, 6.45) is 0.911. The van der Waals surface area contributed by atoms with E-state index in [4.69, 9.17) is 5.73 Å². The molecule has 1 atom stereocenters. The van der Waals surface area contributed by atoms with E-state index in [-0.39, 0.29) is 12.2 Å². The van der Waals surface area contributed by atoms with Gasteiger partial charge in [-0.25, -0.2) is 17.2 Å². The molecule has 0 aromatic rings. The molecule has 1 saturated heterocycles. The lowest BCUT2D eigenvalue weighted by molar-refractivity contribution is -0.0449. The molecule has 0 amide bonds. The van der Waals surface area contributed by atoms with Crippen molar-refractivity contribution in [3.8, 4) is 0 Å². The minimum absolute atomic E-state index is 0.0648. The summed E-state index contributed by atoms with van der Waals surface area (Å²) in [6, 6.07) is 0. The van der Waals surface area contributed by atoms with Crippen molar-refractivity contribution in [1.82, 2.24) is 0 Å². The van der Waals surface area contributed by atoms with Crippen LogP contribution in [-0.2, 0) is 9.84 Å². The molecule has 1 heterocycles. The largest absolute Gasteiger partial charge is 0.330 e. The summed E-state index contributed by atoms with van der Waals surface area (Å²) in [7, 11) is -3.53. The van der Waals surface area contributed by atoms with E-state index >= 15 is 0 Å². The number of rotatable bonds is 3. The maximum Gasteiger partial charge on any atom is 0.264 e. The van der Waals surface area contributed by atoms with Crippen LogP contribution in [-0.4, -0.2) is 32.4 Å². The van der Waals surface area contributed by atoms with Gasteiger partial charge in [-0.15, -0.1) is 0 Å². The average Bonchev–Trinajstić information content (AvgIpc) is 2.00. The molecule has 0 aromatic heterocycles. The number of hydrogen-bond acceptors (Lipinski definition) is 3. The Balaban J connectivity index is 2.63. The molecule has 1 fully saturated rings. The third-order valence-electron chi connectivity index (χ3n) is 2.54. The topological polar surface area (TPSA) is 60.2 Å². The van der Waals surface area contributed by atoms with Crippen LogP contribution in [0.25, 0.3) is 0 Å². The van der Waals surface area contributed by atoms with E-state index in [0.29, 0.717) is 19.4 Å². The highest BCUT2D eigenvalue weighted by molar-refractivity contribution is 7.91. The van der Waals surface area contributed by atoms with Gasteiger partial charge in [0, 0.05) is 5.92 Å². The number of halogens is 2. The van der Waals surface area contributed by atoms with Crippen molar-refractivity contribution in [3.63, 3.8) is 0 Å². The van der Waals surface area contributed by atoms with E-state index in [1.165, 1.54) is 0 Å². The minimum atomic E-state index is -3.53. The van der Waals surface area contributed by atoms with Gasteiger partial charge in [0.2, 0.25) is 0 Å². The maximum atomic E-state index is 13.3. The van der Waals surface area contributed by atoms with Crippen LogP contribution in [0.5, 0.6) is 0 Å². The van der Waals surface area contributed by atoms with Gasteiger partial charge in [0.25, 0.3) is 5.92 Å². The van der Waals surface area contributed by atoms with Crippen LogP contribution in [0.1, 0.15) is 19.3 Å². The fourth-order valence-electron chi connectivity index (χ4n) is 1.74. The van der Waals surface area contributed by atoms with Crippen molar-refractivity contribution in [2.45, 2.75) is 25.2 Å². The van der Waals surface area contributed by atoms with E-state index in [9.17, 15) is 17.2 Å². The van der Waals surface area contributed by atoms with Gasteiger partial charge < -0.3 is 5.73 Å². The van der Waals surface area contributed by atoms with Gasteiger partial charge >= 0.3 is 0 Å². The fourth-order valence-corrected chi connectivity index (χ4v) is 3.35. The predicted molar refractivity (Wildman–Crippen MR) is 50.0 cm³/mol. The van der Waals surface area contributed by atoms with Crippen molar-refractivity contribution in [3.05, 3.63) is 0 Å². The van der Waals surface area contributed by atoms with Crippen LogP contribution in [0.15, 0.2) is 0 Å². The molecule has 1 unspecified atom stereocenters. The second-order valence-corrected chi connectivity index (χ2v) is 5.95. The van der Waals surface area contributed by atoms with Crippen LogP contribution in [0.4, 0.5) is 8.78 Å². The molecular weight excluding hydrogens is 212 g/mol. The van der Waals surface area contributed by atoms with Crippen molar-refractivity contribution in [2.75, 3.05) is 18.1 Å². The molecule has 0 aromatic carbocycles. The fraction of sp³-hybridized carbons (Fsp3) is 1.00. The lowest BCUT2D eigenvalue weighted by Crippen LogP contribution is -2.42. The molecule has 6 heteroatoms. The Morgan fingerprint density at radius 2 is 2.07 bits per heavy atom. The van der Waals surface area contributed by atoms with Gasteiger partial charge in [-0.05, 0) is 25.8 Å². The summed E-state index contributed by atoms with van der Waals surface area (Å²) in [4.78, 5) is 0. The Hall–Kier alpha value is -0.230. The summed E-state index contributed by atoms with van der Waals surface area (Å²) in [5, 5.41) is 0. The van der Waals surface area contributed by atoms with Gasteiger partial charge in [-0.3, -0.25) is 0 Å². The molecule has 0 aliphatic carbocycles. The maximum absolute atomic E-state index is 13.3. The first-order valence-corrected chi connectivity index (χ1v) is 6.48. The Labute approximate surface area is 82.6 Å². The molecule has 84 valence electrons. The summed E-state index contributed by atoms with van der Waals surface area (Å²) in [6.45, 7) is 0.374. The summed E-state index contributed by atoms with van der Waals surface area (Å²) in [5.41, 5.74) is 5.22. The molecule has 2 N–H and O–H groups in total. The standard InChI is InChI=1S/C8H15F2NO2S/c9-8(10)6-14(12,13)5-3-7(8)2-1-4-11/h7H,1-6,11H2. The quantitative estimate of drug-likeness (QED) is 0.775. The van der Waals surface area contributed by atoms with Crippen molar-refractivity contribution in [2.24, 2.45) is 11.7 Å². The van der Waals surface area contributed by atoms with Gasteiger partial charge in [0.1, 0.15) is 5.75 Å². The van der Waals surface area contributed by atoms with Gasteiger partial charge in [0.05, 0.1) is 5.75 Å². The molecule has 0 radical (unpaired) electrons. The highest BCUT2D eigenvalue weighted by atomic mass is 32.2. The van der Waals surface area contributed by atoms with Crippen LogP contribution < -0.4 is 5.73 Å². The Kier molecular flexibility index (Phi) is 3.47. The predicted octanol–water partition coefficient (Wildman–Crippen LogP) is 0.795. The lowest BCUT2D eigenvalue weighted by Gasteiger charge is -2.30. The van der Waals surface area contributed by atoms with E-state index in [2.05, 4.69) is 0 Å². The Bertz CT molecular complexity index is 290. The van der Waals surface area contributed by atoms with E-state index < -0.39 is 27.4 Å². The van der Waals surface area contributed by atoms with Crippen LogP contribution in [0.3, 0.4) is 0 Å². The van der Waals surface area contributed by atoms with Crippen molar-refractivity contribution in [1.29, 1.82) is 0 Å². The van der Waals surface area contributed by atoms with Crippen molar-refractivity contribution >= 4 is 9.84 Å². The Morgan fingerprint density at radius 3 is 2.57 bits per heavy atom. The zero-order valence-electron chi connectivity index (χ0n) is 7.88. The molecule has 1 rings (SSSR count). The third-order valence-corrected chi connectivity index (χ3v) is 4.23. The van der Waals surface area contributed by atoms with E-state index in [1.807, 2.05) is 0 Å². The van der Waals surface area contributed by atoms with Gasteiger partial charge in [-0.1, -0.05) is 0 Å². The molecule has 14 heavy (non-hydrogen) atoms. The second kappa shape index (κ2) is 4.10. The highest BCUT2D eigenvalue weighted by Gasteiger charge is 2.46. The lowest BCUT2D eigenvalue weighted by atomic mass is 9.94. The zero-order chi connectivity index (χ0) is 10.8. The molecule has 0 spiro atoms. The normalized spacial score (nSPS) is 30.1. The number of sulfone groups is 1. The van der Waals surface area contributed by atoms with Crippen LogP contribution in [0.2, 0.25) is 0 Å². The average molecular weight is 227 g/mol. The molecule has 0 saturated carbocycles. The summed E-state index contributed by atoms with van der Waals surface area (Å²) < 4.78 is 48.5. The monoisotopic (exact) mass is 227 g/mol. The second-order valence-electron chi connectivity index (χ2n) is 3.77. The molecule has 1 aliphatic heterocycles. The molecular formula is C8H15F2NO2S. The highest BCUT2D eigenvalue weighted by Crippen LogP contribution is 2.36. The minimum Gasteiger partial charge on any atom is -0.330 e. The molecule has 1 aliphatic rings. The van der Waals surface area contributed by atoms with Crippen LogP contribution in [0, 0.1) is 5.92 Å². The first kappa shape index (κ1) is 11.8. The first-order chi connectivity index (χ1) is 6.37.